The maximum atomic E-state index is 11.8. The molecule has 0 heterocycles. The van der Waals surface area contributed by atoms with E-state index >= 15 is 0 Å². The molecule has 1 rings (SSSR count). The molecule has 0 atom stereocenters. The summed E-state index contributed by atoms with van der Waals surface area (Å²) >= 11 is 0. The van der Waals surface area contributed by atoms with Gasteiger partial charge in [0.05, 0.1) is 13.2 Å². The van der Waals surface area contributed by atoms with Crippen LogP contribution in [0.1, 0.15) is 32.8 Å². The van der Waals surface area contributed by atoms with Gasteiger partial charge >= 0.3 is 0 Å². The number of hydrogen-bond acceptors (Lipinski definition) is 4. The van der Waals surface area contributed by atoms with Crippen molar-refractivity contribution < 1.29 is 19.7 Å². The molecule has 4 heteroatoms. The van der Waals surface area contributed by atoms with Gasteiger partial charge in [0.25, 0.3) is 0 Å². The molecule has 0 N–H and O–H groups in total. The molecule has 0 bridgehead atoms. The Labute approximate surface area is 102 Å². The van der Waals surface area contributed by atoms with Crippen LogP contribution in [0.4, 0.5) is 0 Å². The molecule has 17 heavy (non-hydrogen) atoms. The van der Waals surface area contributed by atoms with Gasteiger partial charge in [-0.1, -0.05) is 13.3 Å². The summed E-state index contributed by atoms with van der Waals surface area (Å²) in [5, 5.41) is 23.3. The molecule has 96 valence electrons. The van der Waals surface area contributed by atoms with Crippen molar-refractivity contribution >= 4 is 0 Å². The van der Waals surface area contributed by atoms with E-state index in [0.29, 0.717) is 36.7 Å². The topological polar surface area (TPSA) is 64.6 Å². The van der Waals surface area contributed by atoms with Gasteiger partial charge in [-0.3, -0.25) is 0 Å². The molecule has 0 saturated carbocycles. The molecule has 0 unspecified atom stereocenters. The third kappa shape index (κ3) is 2.96. The second-order valence-corrected chi connectivity index (χ2v) is 3.63. The van der Waals surface area contributed by atoms with E-state index in [1.165, 1.54) is 6.07 Å². The number of hydrogen-bond donors (Lipinski definition) is 0. The van der Waals surface area contributed by atoms with E-state index in [1.807, 2.05) is 20.8 Å². The largest absolute Gasteiger partial charge is 0.873 e. The van der Waals surface area contributed by atoms with Crippen molar-refractivity contribution in [2.75, 3.05) is 13.2 Å². The van der Waals surface area contributed by atoms with Crippen LogP contribution >= 0.6 is 0 Å². The van der Waals surface area contributed by atoms with Crippen molar-refractivity contribution in [2.24, 2.45) is 0 Å². The van der Waals surface area contributed by atoms with Crippen LogP contribution in [0.2, 0.25) is 0 Å². The van der Waals surface area contributed by atoms with E-state index < -0.39 is 11.5 Å². The molecule has 0 aliphatic carbocycles. The van der Waals surface area contributed by atoms with Crippen molar-refractivity contribution in [1.29, 1.82) is 0 Å². The lowest BCUT2D eigenvalue weighted by Gasteiger charge is -2.27. The second-order valence-electron chi connectivity index (χ2n) is 3.63. The number of ether oxygens (including phenoxy) is 2. The smallest absolute Gasteiger partial charge is 0.163 e. The summed E-state index contributed by atoms with van der Waals surface area (Å²) in [5.41, 5.74) is 0.435. The quantitative estimate of drug-likeness (QED) is 0.754. The Hall–Kier alpha value is -1.58. The van der Waals surface area contributed by atoms with Gasteiger partial charge in [-0.2, -0.15) is 0 Å². The van der Waals surface area contributed by atoms with Crippen molar-refractivity contribution in [3.63, 3.8) is 0 Å². The highest BCUT2D eigenvalue weighted by molar-refractivity contribution is 5.59. The molecule has 0 aliphatic heterocycles. The molecular weight excluding hydrogens is 220 g/mol. The molecule has 0 amide bonds. The van der Waals surface area contributed by atoms with Crippen LogP contribution in [-0.2, 0) is 6.42 Å². The van der Waals surface area contributed by atoms with E-state index in [9.17, 15) is 10.2 Å². The minimum atomic E-state index is -0.527. The van der Waals surface area contributed by atoms with Crippen LogP contribution in [0.5, 0.6) is 23.0 Å². The fraction of sp³-hybridized carbons (Fsp3) is 0.538. The van der Waals surface area contributed by atoms with E-state index in [2.05, 4.69) is 0 Å². The molecule has 0 saturated heterocycles. The van der Waals surface area contributed by atoms with Gasteiger partial charge in [0.2, 0.25) is 0 Å². The fourth-order valence-electron chi connectivity index (χ4n) is 1.69. The lowest BCUT2D eigenvalue weighted by Crippen LogP contribution is -2.09. The summed E-state index contributed by atoms with van der Waals surface area (Å²) in [4.78, 5) is 0. The number of rotatable bonds is 6. The van der Waals surface area contributed by atoms with Crippen molar-refractivity contribution in [3.05, 3.63) is 11.6 Å². The zero-order valence-corrected chi connectivity index (χ0v) is 10.5. The normalized spacial score (nSPS) is 10.3. The summed E-state index contributed by atoms with van der Waals surface area (Å²) in [6.45, 7) is 6.48. The number of benzene rings is 1. The lowest BCUT2D eigenvalue weighted by molar-refractivity contribution is -0.318. The highest BCUT2D eigenvalue weighted by atomic mass is 16.5. The van der Waals surface area contributed by atoms with Crippen LogP contribution in [0, 0.1) is 0 Å². The summed E-state index contributed by atoms with van der Waals surface area (Å²) in [7, 11) is 0. The Balaban J connectivity index is 3.29. The Morgan fingerprint density at radius 2 is 1.71 bits per heavy atom. The van der Waals surface area contributed by atoms with Gasteiger partial charge in [0.1, 0.15) is 0 Å². The second kappa shape index (κ2) is 6.23. The first-order valence-corrected chi connectivity index (χ1v) is 5.95. The summed E-state index contributed by atoms with van der Waals surface area (Å²) < 4.78 is 10.8. The average molecular weight is 238 g/mol. The fourth-order valence-corrected chi connectivity index (χ4v) is 1.69. The maximum Gasteiger partial charge on any atom is 0.163 e. The van der Waals surface area contributed by atoms with Crippen molar-refractivity contribution in [3.8, 4) is 23.0 Å². The van der Waals surface area contributed by atoms with Crippen molar-refractivity contribution in [2.45, 2.75) is 33.6 Å². The minimum absolute atomic E-state index is 0.377. The highest BCUT2D eigenvalue weighted by Gasteiger charge is 2.11. The SMILES string of the molecule is CCCc1c([O-])c([O-])cc(OCC)c1OCC. The molecule has 0 radical (unpaired) electrons. The van der Waals surface area contributed by atoms with Crippen LogP contribution in [-0.4, -0.2) is 13.2 Å². The average Bonchev–Trinajstić information content (AvgIpc) is 2.30. The Morgan fingerprint density at radius 1 is 1.06 bits per heavy atom. The molecule has 4 nitrogen and oxygen atoms in total. The molecule has 0 fully saturated rings. The highest BCUT2D eigenvalue weighted by Crippen LogP contribution is 2.41. The van der Waals surface area contributed by atoms with Gasteiger partial charge in [-0.05, 0) is 31.9 Å². The van der Waals surface area contributed by atoms with Crippen molar-refractivity contribution in [1.82, 2.24) is 0 Å². The van der Waals surface area contributed by atoms with Crippen LogP contribution in [0.3, 0.4) is 0 Å². The first-order chi connectivity index (χ1) is 8.15. The Bertz CT molecular complexity index is 374. The standard InChI is InChI=1S/C13H20O4/c1-4-7-9-12(15)10(14)8-11(16-5-2)13(9)17-6-3/h8,14-15H,4-7H2,1-3H3/p-2. The zero-order valence-electron chi connectivity index (χ0n) is 10.5. The minimum Gasteiger partial charge on any atom is -0.873 e. The van der Waals surface area contributed by atoms with Crippen LogP contribution < -0.4 is 19.7 Å². The summed E-state index contributed by atoms with van der Waals surface area (Å²) in [6.07, 6.45) is 1.31. The molecule has 0 aromatic heterocycles. The van der Waals surface area contributed by atoms with Gasteiger partial charge in [-0.25, -0.2) is 0 Å². The third-order valence-corrected chi connectivity index (χ3v) is 2.35. The third-order valence-electron chi connectivity index (χ3n) is 2.35. The van der Waals surface area contributed by atoms with Crippen LogP contribution in [0.25, 0.3) is 0 Å². The van der Waals surface area contributed by atoms with E-state index in [4.69, 9.17) is 9.47 Å². The zero-order chi connectivity index (χ0) is 12.8. The van der Waals surface area contributed by atoms with Gasteiger partial charge in [0, 0.05) is 0 Å². The van der Waals surface area contributed by atoms with Gasteiger partial charge in [0.15, 0.2) is 11.5 Å². The first kappa shape index (κ1) is 13.5. The van der Waals surface area contributed by atoms with Gasteiger partial charge < -0.3 is 19.7 Å². The predicted octanol–water partition coefficient (Wildman–Crippen LogP) is 1.58. The predicted molar refractivity (Wildman–Crippen MR) is 61.7 cm³/mol. The Morgan fingerprint density at radius 3 is 2.24 bits per heavy atom. The van der Waals surface area contributed by atoms with E-state index in [-0.39, 0.29) is 0 Å². The van der Waals surface area contributed by atoms with Crippen LogP contribution in [0.15, 0.2) is 6.07 Å². The molecular formula is C13H18O4-2. The maximum absolute atomic E-state index is 11.8. The monoisotopic (exact) mass is 238 g/mol. The first-order valence-electron chi connectivity index (χ1n) is 5.95. The molecule has 0 aliphatic rings. The Kier molecular flexibility index (Phi) is 4.94. The van der Waals surface area contributed by atoms with E-state index in [1.54, 1.807) is 0 Å². The molecule has 1 aromatic carbocycles. The molecule has 0 spiro atoms. The van der Waals surface area contributed by atoms with Gasteiger partial charge in [-0.15, -0.1) is 11.5 Å². The lowest BCUT2D eigenvalue weighted by atomic mass is 10.1. The van der Waals surface area contributed by atoms with E-state index in [0.717, 1.165) is 6.42 Å². The molecule has 1 aromatic rings. The summed E-state index contributed by atoms with van der Waals surface area (Å²) in [5.74, 6) is -0.192. The summed E-state index contributed by atoms with van der Waals surface area (Å²) in [6, 6.07) is 1.22.